The van der Waals surface area contributed by atoms with Gasteiger partial charge in [-0.15, -0.1) is 0 Å². The first kappa shape index (κ1) is 17.4. The van der Waals surface area contributed by atoms with Crippen LogP contribution in [0, 0.1) is 11.3 Å². The summed E-state index contributed by atoms with van der Waals surface area (Å²) in [4.78, 5) is 6.88. The number of nitrogens with one attached hydrogen (secondary N) is 1. The van der Waals surface area contributed by atoms with Crippen LogP contribution >= 0.6 is 0 Å². The molecule has 2 aliphatic rings. The van der Waals surface area contributed by atoms with Gasteiger partial charge in [-0.3, -0.25) is 4.99 Å². The molecule has 0 spiro atoms. The molecule has 5 nitrogen and oxygen atoms in total. The van der Waals surface area contributed by atoms with Gasteiger partial charge in [0.15, 0.2) is 5.96 Å². The summed E-state index contributed by atoms with van der Waals surface area (Å²) in [5.74, 6) is 2.48. The Kier molecular flexibility index (Phi) is 4.43. The topological polar surface area (TPSA) is 50.0 Å². The molecule has 4 rings (SSSR count). The van der Waals surface area contributed by atoms with Gasteiger partial charge in [-0.25, -0.2) is 0 Å². The molecular formula is C21H29N3O2. The standard InChI is InChI=1S/C21H29N3O2/c1-5-22-20(23-18-16-10-11-25-19(16)21(18,2)3)24(4)13-15-12-14-8-6-7-9-17(14)26-15/h6-9,12,16,18-19H,5,10-11,13H2,1-4H3,(H,22,23). The minimum absolute atomic E-state index is 0.135. The Hall–Kier alpha value is -2.01. The Balaban J connectivity index is 1.48. The van der Waals surface area contributed by atoms with Gasteiger partial charge in [-0.1, -0.05) is 32.0 Å². The highest BCUT2D eigenvalue weighted by molar-refractivity contribution is 5.81. The van der Waals surface area contributed by atoms with Crippen molar-refractivity contribution in [3.63, 3.8) is 0 Å². The molecule has 1 aromatic heterocycles. The first-order chi connectivity index (χ1) is 12.5. The monoisotopic (exact) mass is 355 g/mol. The predicted octanol–water partition coefficient (Wildman–Crippen LogP) is 3.64. The maximum Gasteiger partial charge on any atom is 0.194 e. The lowest BCUT2D eigenvalue weighted by Crippen LogP contribution is -2.67. The second-order valence-electron chi connectivity index (χ2n) is 8.09. The van der Waals surface area contributed by atoms with E-state index in [9.17, 15) is 0 Å². The van der Waals surface area contributed by atoms with Crippen LogP contribution < -0.4 is 5.32 Å². The van der Waals surface area contributed by atoms with Crippen molar-refractivity contribution in [3.05, 3.63) is 36.1 Å². The molecule has 1 aliphatic carbocycles. The smallest absolute Gasteiger partial charge is 0.194 e. The van der Waals surface area contributed by atoms with Crippen LogP contribution in [0.1, 0.15) is 33.0 Å². The van der Waals surface area contributed by atoms with E-state index >= 15 is 0 Å². The van der Waals surface area contributed by atoms with E-state index in [0.717, 1.165) is 42.3 Å². The van der Waals surface area contributed by atoms with E-state index in [1.165, 1.54) is 0 Å². The van der Waals surface area contributed by atoms with E-state index in [2.05, 4.69) is 50.2 Å². The quantitative estimate of drug-likeness (QED) is 0.672. The van der Waals surface area contributed by atoms with Gasteiger partial charge in [-0.2, -0.15) is 0 Å². The molecule has 0 radical (unpaired) electrons. The van der Waals surface area contributed by atoms with Crippen molar-refractivity contribution in [3.8, 4) is 0 Å². The van der Waals surface area contributed by atoms with Crippen LogP contribution in [-0.2, 0) is 11.3 Å². The van der Waals surface area contributed by atoms with Crippen molar-refractivity contribution < 1.29 is 9.15 Å². The zero-order valence-corrected chi connectivity index (χ0v) is 16.2. The molecule has 1 saturated carbocycles. The van der Waals surface area contributed by atoms with Crippen LogP contribution in [0.15, 0.2) is 39.7 Å². The third-order valence-electron chi connectivity index (χ3n) is 5.92. The van der Waals surface area contributed by atoms with Crippen LogP contribution in [0.3, 0.4) is 0 Å². The lowest BCUT2D eigenvalue weighted by molar-refractivity contribution is -0.107. The number of ether oxygens (including phenoxy) is 1. The average molecular weight is 355 g/mol. The number of fused-ring (bicyclic) bond motifs is 2. The van der Waals surface area contributed by atoms with Crippen LogP contribution in [0.2, 0.25) is 0 Å². The van der Waals surface area contributed by atoms with Crippen LogP contribution in [0.5, 0.6) is 0 Å². The third-order valence-corrected chi connectivity index (χ3v) is 5.92. The summed E-state index contributed by atoms with van der Waals surface area (Å²) in [5.41, 5.74) is 1.07. The van der Waals surface area contributed by atoms with Gasteiger partial charge in [-0.05, 0) is 25.5 Å². The van der Waals surface area contributed by atoms with Gasteiger partial charge in [0.1, 0.15) is 11.3 Å². The van der Waals surface area contributed by atoms with Crippen molar-refractivity contribution in [1.82, 2.24) is 10.2 Å². The molecule has 2 heterocycles. The highest BCUT2D eigenvalue weighted by Gasteiger charge is 2.59. The van der Waals surface area contributed by atoms with Gasteiger partial charge in [0.05, 0.1) is 12.6 Å². The van der Waals surface area contributed by atoms with Crippen LogP contribution in [0.25, 0.3) is 11.0 Å². The maximum absolute atomic E-state index is 5.98. The van der Waals surface area contributed by atoms with E-state index < -0.39 is 0 Å². The predicted molar refractivity (Wildman–Crippen MR) is 104 cm³/mol. The maximum atomic E-state index is 5.98. The number of benzene rings is 1. The SMILES string of the molecule is CCN=C(NC1C2CCOC2C1(C)C)N(C)Cc1cc2ccccc2o1. The van der Waals surface area contributed by atoms with Gasteiger partial charge >= 0.3 is 0 Å². The summed E-state index contributed by atoms with van der Waals surface area (Å²) in [6, 6.07) is 10.6. The van der Waals surface area contributed by atoms with E-state index in [1.54, 1.807) is 0 Å². The highest BCUT2D eigenvalue weighted by Crippen LogP contribution is 2.52. The zero-order chi connectivity index (χ0) is 18.3. The fraction of sp³-hybridized carbons (Fsp3) is 0.571. The van der Waals surface area contributed by atoms with Crippen molar-refractivity contribution in [2.24, 2.45) is 16.3 Å². The van der Waals surface area contributed by atoms with E-state index in [1.807, 2.05) is 18.2 Å². The van der Waals surface area contributed by atoms with Gasteiger partial charge in [0.25, 0.3) is 0 Å². The summed E-state index contributed by atoms with van der Waals surface area (Å²) in [7, 11) is 2.07. The summed E-state index contributed by atoms with van der Waals surface area (Å²) in [5, 5.41) is 4.87. The zero-order valence-electron chi connectivity index (χ0n) is 16.2. The summed E-state index contributed by atoms with van der Waals surface area (Å²) in [6.07, 6.45) is 1.52. The molecular weight excluding hydrogens is 326 g/mol. The van der Waals surface area contributed by atoms with E-state index in [-0.39, 0.29) is 5.41 Å². The molecule has 140 valence electrons. The molecule has 5 heteroatoms. The Bertz CT molecular complexity index is 777. The Morgan fingerprint density at radius 3 is 2.92 bits per heavy atom. The second-order valence-corrected chi connectivity index (χ2v) is 8.09. The molecule has 3 unspecified atom stereocenters. The molecule has 3 atom stereocenters. The second kappa shape index (κ2) is 6.62. The number of aliphatic imine (C=N–C) groups is 1. The van der Waals surface area contributed by atoms with Crippen molar-refractivity contribution in [2.75, 3.05) is 20.2 Å². The van der Waals surface area contributed by atoms with Gasteiger partial charge in [0.2, 0.25) is 0 Å². The fourth-order valence-corrected chi connectivity index (χ4v) is 4.61. The van der Waals surface area contributed by atoms with Crippen molar-refractivity contribution in [1.29, 1.82) is 0 Å². The third kappa shape index (κ3) is 2.88. The minimum Gasteiger partial charge on any atom is -0.459 e. The highest BCUT2D eigenvalue weighted by atomic mass is 16.5. The molecule has 26 heavy (non-hydrogen) atoms. The minimum atomic E-state index is 0.135. The Labute approximate surface area is 155 Å². The molecule has 0 bridgehead atoms. The Morgan fingerprint density at radius 1 is 1.35 bits per heavy atom. The number of hydrogen-bond donors (Lipinski definition) is 1. The van der Waals surface area contributed by atoms with E-state index in [0.29, 0.717) is 24.6 Å². The van der Waals surface area contributed by atoms with E-state index in [4.69, 9.17) is 14.1 Å². The first-order valence-corrected chi connectivity index (χ1v) is 9.62. The van der Waals surface area contributed by atoms with Crippen LogP contribution in [0.4, 0.5) is 0 Å². The number of nitrogens with zero attached hydrogens (tertiary/aromatic N) is 2. The molecule has 2 fully saturated rings. The number of rotatable bonds is 4. The lowest BCUT2D eigenvalue weighted by Gasteiger charge is -2.55. The van der Waals surface area contributed by atoms with Crippen molar-refractivity contribution >= 4 is 16.9 Å². The molecule has 0 amide bonds. The van der Waals surface area contributed by atoms with Gasteiger partial charge < -0.3 is 19.4 Å². The molecule has 1 saturated heterocycles. The molecule has 1 aromatic carbocycles. The number of para-hydroxylation sites is 1. The number of furan rings is 1. The lowest BCUT2D eigenvalue weighted by atomic mass is 9.57. The normalized spacial score (nSPS) is 27.2. The van der Waals surface area contributed by atoms with Gasteiger partial charge in [0, 0.05) is 43.0 Å². The number of hydrogen-bond acceptors (Lipinski definition) is 3. The summed E-state index contributed by atoms with van der Waals surface area (Å²) < 4.78 is 11.9. The Morgan fingerprint density at radius 2 is 2.15 bits per heavy atom. The average Bonchev–Trinajstić information content (AvgIpc) is 3.23. The summed E-state index contributed by atoms with van der Waals surface area (Å²) in [6.45, 7) is 8.98. The largest absolute Gasteiger partial charge is 0.459 e. The first-order valence-electron chi connectivity index (χ1n) is 9.62. The van der Waals surface area contributed by atoms with Crippen molar-refractivity contribution in [2.45, 2.75) is 45.9 Å². The molecule has 1 aliphatic heterocycles. The molecule has 2 aromatic rings. The number of guanidine groups is 1. The summed E-state index contributed by atoms with van der Waals surface area (Å²) >= 11 is 0. The van der Waals surface area contributed by atoms with Crippen LogP contribution in [-0.4, -0.2) is 43.2 Å². The fourth-order valence-electron chi connectivity index (χ4n) is 4.61. The molecule has 1 N–H and O–H groups in total.